The first kappa shape index (κ1) is 23.7. The Morgan fingerprint density at radius 1 is 1.06 bits per heavy atom. The first-order chi connectivity index (χ1) is 16.2. The molecule has 0 spiro atoms. The molecule has 0 aliphatic carbocycles. The lowest BCUT2D eigenvalue weighted by Gasteiger charge is -2.22. The number of halogens is 3. The molecule has 4 rings (SSSR count). The van der Waals surface area contributed by atoms with Gasteiger partial charge in [0.25, 0.3) is 0 Å². The van der Waals surface area contributed by atoms with Crippen LogP contribution in [0.15, 0.2) is 77.7 Å². The molecule has 1 aliphatic heterocycles. The van der Waals surface area contributed by atoms with Crippen molar-refractivity contribution in [1.82, 2.24) is 0 Å². The van der Waals surface area contributed by atoms with E-state index < -0.39 is 17.6 Å². The molecular formula is C25H21F3N2O3S. The number of para-hydroxylation sites is 1. The predicted octanol–water partition coefficient (Wildman–Crippen LogP) is 5.92. The number of thioether (sulfide) groups is 1. The fourth-order valence-corrected chi connectivity index (χ4v) is 4.92. The minimum absolute atomic E-state index is 0.150. The maximum atomic E-state index is 13.2. The summed E-state index contributed by atoms with van der Waals surface area (Å²) in [6.07, 6.45) is -4.28. The van der Waals surface area contributed by atoms with Gasteiger partial charge in [0.1, 0.15) is 12.3 Å². The predicted molar refractivity (Wildman–Crippen MR) is 125 cm³/mol. The number of carbonyl (C=O) groups is 2. The highest BCUT2D eigenvalue weighted by molar-refractivity contribution is 7.99. The van der Waals surface area contributed by atoms with Crippen molar-refractivity contribution in [2.24, 2.45) is 0 Å². The van der Waals surface area contributed by atoms with Crippen LogP contribution in [0.25, 0.3) is 0 Å². The molecule has 0 saturated heterocycles. The fourth-order valence-electron chi connectivity index (χ4n) is 3.64. The Hall–Kier alpha value is -3.46. The number of ether oxygens (including phenoxy) is 1. The zero-order chi connectivity index (χ0) is 24.3. The van der Waals surface area contributed by atoms with Gasteiger partial charge in [0.15, 0.2) is 0 Å². The highest BCUT2D eigenvalue weighted by Gasteiger charge is 2.31. The molecule has 0 fully saturated rings. The Morgan fingerprint density at radius 2 is 1.74 bits per heavy atom. The van der Waals surface area contributed by atoms with Crippen molar-refractivity contribution in [2.75, 3.05) is 23.9 Å². The summed E-state index contributed by atoms with van der Waals surface area (Å²) < 4.78 is 43.5. The third-order valence-corrected chi connectivity index (χ3v) is 6.69. The summed E-state index contributed by atoms with van der Waals surface area (Å²) in [4.78, 5) is 28.2. The van der Waals surface area contributed by atoms with Gasteiger partial charge in [-0.15, -0.1) is 11.8 Å². The van der Waals surface area contributed by atoms with Crippen LogP contribution < -0.4 is 15.0 Å². The number of hydrogen-bond donors (Lipinski definition) is 1. The molecule has 1 N–H and O–H groups in total. The van der Waals surface area contributed by atoms with Gasteiger partial charge in [0.2, 0.25) is 11.8 Å². The lowest BCUT2D eigenvalue weighted by Crippen LogP contribution is -2.38. The molecule has 2 amide bonds. The van der Waals surface area contributed by atoms with Crippen molar-refractivity contribution in [3.05, 3.63) is 83.9 Å². The molecule has 3 aromatic carbocycles. The van der Waals surface area contributed by atoms with Crippen LogP contribution in [0, 0.1) is 0 Å². The minimum Gasteiger partial charge on any atom is -0.497 e. The summed E-state index contributed by atoms with van der Waals surface area (Å²) in [5.41, 5.74) is 1.00. The van der Waals surface area contributed by atoms with Crippen molar-refractivity contribution < 1.29 is 27.5 Å². The molecule has 0 saturated carbocycles. The molecule has 0 bridgehead atoms. The lowest BCUT2D eigenvalue weighted by atomic mass is 10.1. The van der Waals surface area contributed by atoms with Crippen LogP contribution >= 0.6 is 11.8 Å². The van der Waals surface area contributed by atoms with Gasteiger partial charge in [-0.1, -0.05) is 24.3 Å². The van der Waals surface area contributed by atoms with E-state index in [2.05, 4.69) is 5.32 Å². The van der Waals surface area contributed by atoms with Gasteiger partial charge < -0.3 is 15.0 Å². The number of nitrogens with zero attached hydrogens (tertiary/aromatic N) is 1. The molecule has 1 heterocycles. The van der Waals surface area contributed by atoms with Crippen LogP contribution in [0.4, 0.5) is 24.5 Å². The van der Waals surface area contributed by atoms with E-state index in [4.69, 9.17) is 4.74 Å². The smallest absolute Gasteiger partial charge is 0.416 e. The van der Waals surface area contributed by atoms with Gasteiger partial charge in [0, 0.05) is 22.3 Å². The quantitative estimate of drug-likeness (QED) is 0.486. The molecule has 9 heteroatoms. The van der Waals surface area contributed by atoms with Gasteiger partial charge >= 0.3 is 6.18 Å². The summed E-state index contributed by atoms with van der Waals surface area (Å²) in [6.45, 7) is -0.257. The fraction of sp³-hybridized carbons (Fsp3) is 0.200. The van der Waals surface area contributed by atoms with Crippen molar-refractivity contribution in [2.45, 2.75) is 22.7 Å². The second kappa shape index (κ2) is 9.80. The molecule has 176 valence electrons. The van der Waals surface area contributed by atoms with Crippen molar-refractivity contribution >= 4 is 35.0 Å². The van der Waals surface area contributed by atoms with E-state index in [0.717, 1.165) is 28.3 Å². The highest BCUT2D eigenvalue weighted by Crippen LogP contribution is 2.45. The van der Waals surface area contributed by atoms with Crippen molar-refractivity contribution in [3.8, 4) is 5.75 Å². The molecule has 0 radical (unpaired) electrons. The Kier molecular flexibility index (Phi) is 6.83. The number of amides is 2. The zero-order valence-electron chi connectivity index (χ0n) is 18.1. The summed E-state index contributed by atoms with van der Waals surface area (Å²) >= 11 is 1.55. The molecule has 3 aromatic rings. The Balaban J connectivity index is 1.52. The maximum Gasteiger partial charge on any atom is 0.416 e. The zero-order valence-corrected chi connectivity index (χ0v) is 19.0. The summed E-state index contributed by atoms with van der Waals surface area (Å²) in [6, 6.07) is 19.0. The minimum atomic E-state index is -4.46. The van der Waals surface area contributed by atoms with E-state index in [1.54, 1.807) is 31.0 Å². The van der Waals surface area contributed by atoms with Crippen LogP contribution in [0.1, 0.15) is 22.8 Å². The number of anilines is 2. The largest absolute Gasteiger partial charge is 0.497 e. The molecule has 5 nitrogen and oxygen atoms in total. The second-order valence-corrected chi connectivity index (χ2v) is 8.90. The first-order valence-corrected chi connectivity index (χ1v) is 11.3. The SMILES string of the molecule is COc1ccc([C@@H]2CC(=O)N(CC(=O)Nc3ccc(C(F)(F)F)cc3)c3ccccc3S2)cc1. The number of methoxy groups -OCH3 is 1. The third kappa shape index (κ3) is 5.36. The van der Waals surface area contributed by atoms with E-state index in [-0.39, 0.29) is 29.8 Å². The van der Waals surface area contributed by atoms with E-state index in [1.807, 2.05) is 36.4 Å². The number of nitrogens with one attached hydrogen (secondary N) is 1. The molecule has 1 aliphatic rings. The number of fused-ring (bicyclic) bond motifs is 1. The average molecular weight is 487 g/mol. The molecular weight excluding hydrogens is 465 g/mol. The van der Waals surface area contributed by atoms with Gasteiger partial charge in [-0.3, -0.25) is 9.59 Å². The van der Waals surface area contributed by atoms with Gasteiger partial charge in [-0.2, -0.15) is 13.2 Å². The van der Waals surface area contributed by atoms with E-state index in [1.165, 1.54) is 17.0 Å². The summed E-state index contributed by atoms with van der Waals surface area (Å²) in [7, 11) is 1.59. The maximum absolute atomic E-state index is 13.2. The van der Waals surface area contributed by atoms with Gasteiger partial charge in [0.05, 0.1) is 18.4 Å². The Bertz CT molecular complexity index is 1180. The molecule has 34 heavy (non-hydrogen) atoms. The number of alkyl halides is 3. The lowest BCUT2D eigenvalue weighted by molar-refractivity contribution is -0.137. The van der Waals surface area contributed by atoms with Crippen LogP contribution in [-0.2, 0) is 15.8 Å². The van der Waals surface area contributed by atoms with E-state index in [9.17, 15) is 22.8 Å². The Morgan fingerprint density at radius 3 is 2.38 bits per heavy atom. The first-order valence-electron chi connectivity index (χ1n) is 10.4. The number of benzene rings is 3. The van der Waals surface area contributed by atoms with Crippen LogP contribution in [-0.4, -0.2) is 25.5 Å². The highest BCUT2D eigenvalue weighted by atomic mass is 32.2. The Labute approximate surface area is 198 Å². The standard InChI is InChI=1S/C25H21F3N2O3S/c1-33-19-12-6-16(7-13-19)22-14-24(32)30(20-4-2-3-5-21(20)34-22)15-23(31)29-18-10-8-17(9-11-18)25(26,27)28/h2-13,22H,14-15H2,1H3,(H,29,31)/t22-/m0/s1. The van der Waals surface area contributed by atoms with Crippen molar-refractivity contribution in [1.29, 1.82) is 0 Å². The van der Waals surface area contributed by atoms with Gasteiger partial charge in [-0.05, 0) is 54.1 Å². The number of rotatable bonds is 5. The molecule has 0 aromatic heterocycles. The molecule has 0 unspecified atom stereocenters. The molecule has 1 atom stereocenters. The van der Waals surface area contributed by atoms with Crippen LogP contribution in [0.5, 0.6) is 5.75 Å². The second-order valence-electron chi connectivity index (χ2n) is 7.65. The number of carbonyl (C=O) groups excluding carboxylic acids is 2. The van der Waals surface area contributed by atoms with Crippen LogP contribution in [0.3, 0.4) is 0 Å². The monoisotopic (exact) mass is 486 g/mol. The van der Waals surface area contributed by atoms with Crippen molar-refractivity contribution in [3.63, 3.8) is 0 Å². The third-order valence-electron chi connectivity index (χ3n) is 5.37. The van der Waals surface area contributed by atoms with E-state index >= 15 is 0 Å². The number of hydrogen-bond acceptors (Lipinski definition) is 4. The summed E-state index contributed by atoms with van der Waals surface area (Å²) in [5.74, 6) is -0.00712. The van der Waals surface area contributed by atoms with Crippen LogP contribution in [0.2, 0.25) is 0 Å². The summed E-state index contributed by atoms with van der Waals surface area (Å²) in [5, 5.41) is 2.42. The normalized spacial score (nSPS) is 15.9. The van der Waals surface area contributed by atoms with E-state index in [0.29, 0.717) is 5.69 Å². The van der Waals surface area contributed by atoms with Gasteiger partial charge in [-0.25, -0.2) is 0 Å². The topological polar surface area (TPSA) is 58.6 Å². The average Bonchev–Trinajstić information content (AvgIpc) is 2.95.